The lowest BCUT2D eigenvalue weighted by atomic mass is 10.2. The first kappa shape index (κ1) is 10.9. The van der Waals surface area contributed by atoms with Crippen LogP contribution in [0.4, 0.5) is 5.69 Å². The van der Waals surface area contributed by atoms with Gasteiger partial charge in [-0.1, -0.05) is 0 Å². The quantitative estimate of drug-likeness (QED) is 0.658. The van der Waals surface area contributed by atoms with Crippen molar-refractivity contribution in [3.63, 3.8) is 0 Å². The van der Waals surface area contributed by atoms with Gasteiger partial charge in [0.1, 0.15) is 17.2 Å². The molecule has 16 heavy (non-hydrogen) atoms. The average Bonchev–Trinajstić information content (AvgIpc) is 2.74. The molecule has 1 aromatic carbocycles. The Morgan fingerprint density at radius 1 is 1.25 bits per heavy atom. The molecule has 0 aliphatic carbocycles. The Labute approximate surface area is 98.4 Å². The number of rotatable bonds is 3. The second-order valence-corrected chi connectivity index (χ2v) is 3.43. The van der Waals surface area contributed by atoms with Gasteiger partial charge in [-0.25, -0.2) is 5.01 Å². The molecule has 1 aliphatic heterocycles. The Balaban J connectivity index is 2.39. The molecule has 2 rings (SSSR count). The van der Waals surface area contributed by atoms with Crippen LogP contribution >= 0.6 is 12.2 Å². The Morgan fingerprint density at radius 2 is 2.06 bits per heavy atom. The number of thiocarbonyl (C=S) groups is 1. The molecule has 0 atom stereocenters. The fourth-order valence-corrected chi connectivity index (χ4v) is 1.58. The molecule has 1 aliphatic rings. The van der Waals surface area contributed by atoms with Crippen molar-refractivity contribution in [2.24, 2.45) is 0 Å². The highest BCUT2D eigenvalue weighted by Gasteiger charge is 2.21. The van der Waals surface area contributed by atoms with Gasteiger partial charge < -0.3 is 9.47 Å². The second-order valence-electron chi connectivity index (χ2n) is 3.04. The summed E-state index contributed by atoms with van der Waals surface area (Å²) in [6.45, 7) is 0. The SMILES string of the molecule is COc1ccc(OC)c(N2NNNC2=S)c1. The Bertz CT molecular complexity index is 412. The van der Waals surface area contributed by atoms with Crippen molar-refractivity contribution in [1.82, 2.24) is 16.5 Å². The number of hydrazine groups is 3. The highest BCUT2D eigenvalue weighted by Crippen LogP contribution is 2.31. The summed E-state index contributed by atoms with van der Waals surface area (Å²) in [5, 5.41) is 2.16. The molecule has 0 unspecified atom stereocenters. The lowest BCUT2D eigenvalue weighted by molar-refractivity contribution is 0.402. The van der Waals surface area contributed by atoms with Gasteiger partial charge in [0.2, 0.25) is 5.11 Å². The van der Waals surface area contributed by atoms with Crippen molar-refractivity contribution in [3.8, 4) is 11.5 Å². The second kappa shape index (κ2) is 4.52. The first-order valence-electron chi connectivity index (χ1n) is 4.59. The number of methoxy groups -OCH3 is 2. The zero-order valence-electron chi connectivity index (χ0n) is 8.90. The van der Waals surface area contributed by atoms with E-state index in [4.69, 9.17) is 21.7 Å². The maximum absolute atomic E-state index is 5.25. The van der Waals surface area contributed by atoms with Crippen molar-refractivity contribution in [2.75, 3.05) is 19.2 Å². The third-order valence-corrected chi connectivity index (χ3v) is 2.45. The van der Waals surface area contributed by atoms with Crippen molar-refractivity contribution in [3.05, 3.63) is 18.2 Å². The van der Waals surface area contributed by atoms with Crippen molar-refractivity contribution in [2.45, 2.75) is 0 Å². The van der Waals surface area contributed by atoms with Gasteiger partial charge in [-0.05, 0) is 24.4 Å². The Kier molecular flexibility index (Phi) is 3.09. The number of nitrogens with zero attached hydrogens (tertiary/aromatic N) is 1. The van der Waals surface area contributed by atoms with E-state index >= 15 is 0 Å². The highest BCUT2D eigenvalue weighted by atomic mass is 32.1. The Hall–Kier alpha value is -1.57. The predicted molar refractivity (Wildman–Crippen MR) is 64.0 cm³/mol. The zero-order chi connectivity index (χ0) is 11.5. The van der Waals surface area contributed by atoms with Gasteiger partial charge in [0.05, 0.1) is 14.2 Å². The molecular formula is C9H12N4O2S. The lowest BCUT2D eigenvalue weighted by Gasteiger charge is -2.18. The molecule has 0 saturated carbocycles. The molecule has 7 heteroatoms. The van der Waals surface area contributed by atoms with E-state index in [1.165, 1.54) is 0 Å². The highest BCUT2D eigenvalue weighted by molar-refractivity contribution is 7.80. The summed E-state index contributed by atoms with van der Waals surface area (Å²) in [6.07, 6.45) is 0. The van der Waals surface area contributed by atoms with Gasteiger partial charge in [-0.3, -0.25) is 5.43 Å². The van der Waals surface area contributed by atoms with Gasteiger partial charge in [-0.15, -0.1) is 5.53 Å². The van der Waals surface area contributed by atoms with Crippen LogP contribution in [0.5, 0.6) is 11.5 Å². The summed E-state index contributed by atoms with van der Waals surface area (Å²) in [5.74, 6) is 1.42. The predicted octanol–water partition coefficient (Wildman–Crippen LogP) is 0.322. The minimum absolute atomic E-state index is 0.506. The number of benzene rings is 1. The number of anilines is 1. The van der Waals surface area contributed by atoms with Gasteiger partial charge in [0, 0.05) is 6.07 Å². The maximum Gasteiger partial charge on any atom is 0.205 e. The van der Waals surface area contributed by atoms with Crippen LogP contribution in [0.2, 0.25) is 0 Å². The lowest BCUT2D eigenvalue weighted by Crippen LogP contribution is -2.37. The van der Waals surface area contributed by atoms with Crippen molar-refractivity contribution < 1.29 is 9.47 Å². The van der Waals surface area contributed by atoms with Crippen LogP contribution in [-0.2, 0) is 0 Å². The maximum atomic E-state index is 5.25. The first-order valence-corrected chi connectivity index (χ1v) is 5.00. The van der Waals surface area contributed by atoms with Crippen LogP contribution in [-0.4, -0.2) is 19.3 Å². The summed E-state index contributed by atoms with van der Waals surface area (Å²) in [4.78, 5) is 0. The molecule has 3 N–H and O–H groups in total. The molecule has 1 fully saturated rings. The molecule has 0 spiro atoms. The van der Waals surface area contributed by atoms with Crippen molar-refractivity contribution >= 4 is 23.0 Å². The molecule has 0 bridgehead atoms. The summed E-state index contributed by atoms with van der Waals surface area (Å²) in [6, 6.07) is 5.46. The standard InChI is InChI=1S/C9H12N4O2S/c1-14-6-3-4-8(15-2)7(5-6)13-9(16)10-11-12-13/h3-5,11-12H,1-2H3,(H,10,16). The largest absolute Gasteiger partial charge is 0.497 e. The molecule has 86 valence electrons. The molecule has 0 aromatic heterocycles. The molecule has 0 radical (unpaired) electrons. The summed E-state index contributed by atoms with van der Waals surface area (Å²) in [7, 11) is 3.21. The van der Waals surface area contributed by atoms with E-state index < -0.39 is 0 Å². The van der Waals surface area contributed by atoms with Crippen LogP contribution in [0.3, 0.4) is 0 Å². The van der Waals surface area contributed by atoms with E-state index in [0.29, 0.717) is 10.9 Å². The van der Waals surface area contributed by atoms with Crippen molar-refractivity contribution in [1.29, 1.82) is 0 Å². The van der Waals surface area contributed by atoms with Crippen LogP contribution in [0.25, 0.3) is 0 Å². The minimum atomic E-state index is 0.506. The Morgan fingerprint density at radius 3 is 2.62 bits per heavy atom. The van der Waals surface area contributed by atoms with Crippen LogP contribution in [0, 0.1) is 0 Å². The van der Waals surface area contributed by atoms with E-state index in [2.05, 4.69) is 16.5 Å². The van der Waals surface area contributed by atoms with Crippen LogP contribution in [0.1, 0.15) is 0 Å². The fraction of sp³-hybridized carbons (Fsp3) is 0.222. The molecule has 6 nitrogen and oxygen atoms in total. The summed E-state index contributed by atoms with van der Waals surface area (Å²) >= 11 is 5.10. The minimum Gasteiger partial charge on any atom is -0.497 e. The van der Waals surface area contributed by atoms with E-state index in [9.17, 15) is 0 Å². The molecule has 1 heterocycles. The average molecular weight is 240 g/mol. The zero-order valence-corrected chi connectivity index (χ0v) is 9.72. The molecular weight excluding hydrogens is 228 g/mol. The monoisotopic (exact) mass is 240 g/mol. The third kappa shape index (κ3) is 1.87. The number of nitrogens with one attached hydrogen (secondary N) is 3. The van der Waals surface area contributed by atoms with Gasteiger partial charge in [0.25, 0.3) is 0 Å². The number of ether oxygens (including phenoxy) is 2. The van der Waals surface area contributed by atoms with Gasteiger partial charge in [0.15, 0.2) is 0 Å². The summed E-state index contributed by atoms with van der Waals surface area (Å²) < 4.78 is 10.4. The smallest absolute Gasteiger partial charge is 0.205 e. The van der Waals surface area contributed by atoms with E-state index in [0.717, 1.165) is 11.4 Å². The van der Waals surface area contributed by atoms with Gasteiger partial charge >= 0.3 is 0 Å². The molecule has 1 saturated heterocycles. The van der Waals surface area contributed by atoms with E-state index in [1.54, 1.807) is 19.2 Å². The van der Waals surface area contributed by atoms with Gasteiger partial charge in [-0.2, -0.15) is 5.53 Å². The molecule has 1 aromatic rings. The first-order chi connectivity index (χ1) is 7.76. The van der Waals surface area contributed by atoms with E-state index in [-0.39, 0.29) is 0 Å². The third-order valence-electron chi connectivity index (χ3n) is 2.17. The van der Waals surface area contributed by atoms with Crippen LogP contribution < -0.4 is 31.0 Å². The number of hydrogen-bond acceptors (Lipinski definition) is 5. The normalized spacial score (nSPS) is 14.9. The topological polar surface area (TPSA) is 57.8 Å². The summed E-state index contributed by atoms with van der Waals surface area (Å²) in [5.41, 5.74) is 9.07. The molecule has 0 amide bonds. The fourth-order valence-electron chi connectivity index (χ4n) is 1.39. The van der Waals surface area contributed by atoms with E-state index in [1.807, 2.05) is 18.2 Å². The number of hydrogen-bond donors (Lipinski definition) is 3. The van der Waals surface area contributed by atoms with Crippen LogP contribution in [0.15, 0.2) is 18.2 Å².